The van der Waals surface area contributed by atoms with Crippen molar-refractivity contribution in [2.75, 3.05) is 18.0 Å². The van der Waals surface area contributed by atoms with Crippen molar-refractivity contribution in [1.29, 1.82) is 0 Å². The zero-order chi connectivity index (χ0) is 19.2. The molecular weight excluding hydrogens is 340 g/mol. The summed E-state index contributed by atoms with van der Waals surface area (Å²) in [5.74, 6) is 0.613. The molecule has 1 atom stereocenters. The Morgan fingerprint density at radius 1 is 1.26 bits per heavy atom. The monoisotopic (exact) mass is 370 g/mol. The van der Waals surface area contributed by atoms with E-state index in [4.69, 9.17) is 4.98 Å². The maximum Gasteiger partial charge on any atom is 0.272 e. The number of rotatable bonds is 5. The van der Waals surface area contributed by atoms with Gasteiger partial charge >= 0.3 is 0 Å². The summed E-state index contributed by atoms with van der Waals surface area (Å²) in [6.07, 6.45) is 8.96. The van der Waals surface area contributed by atoms with Crippen LogP contribution in [-0.4, -0.2) is 39.2 Å². The van der Waals surface area contributed by atoms with Crippen molar-refractivity contribution in [2.24, 2.45) is 0 Å². The summed E-state index contributed by atoms with van der Waals surface area (Å²) >= 11 is 0. The fourth-order valence-electron chi connectivity index (χ4n) is 3.50. The molecule has 0 aromatic carbocycles. The summed E-state index contributed by atoms with van der Waals surface area (Å²) in [6.45, 7) is 7.99. The molecule has 0 unspecified atom stereocenters. The third-order valence-electron chi connectivity index (χ3n) is 5.20. The van der Waals surface area contributed by atoms with Gasteiger partial charge in [-0.15, -0.1) is 0 Å². The number of aromatic nitrogens is 4. The molecular formula is C20H30N6O. The van der Waals surface area contributed by atoms with Crippen LogP contribution in [0.3, 0.4) is 0 Å². The molecule has 1 saturated heterocycles. The zero-order valence-electron chi connectivity index (χ0n) is 16.6. The molecule has 1 fully saturated rings. The van der Waals surface area contributed by atoms with Crippen LogP contribution < -0.4 is 10.2 Å². The van der Waals surface area contributed by atoms with Crippen LogP contribution in [0, 0.1) is 6.92 Å². The molecule has 146 valence electrons. The predicted molar refractivity (Wildman–Crippen MR) is 106 cm³/mol. The van der Waals surface area contributed by atoms with E-state index >= 15 is 0 Å². The number of aromatic amines is 1. The number of anilines is 1. The summed E-state index contributed by atoms with van der Waals surface area (Å²) in [6, 6.07) is 1.61. The summed E-state index contributed by atoms with van der Waals surface area (Å²) in [7, 11) is 0. The van der Waals surface area contributed by atoms with Crippen molar-refractivity contribution in [1.82, 2.24) is 25.5 Å². The fraction of sp³-hybridized carbons (Fsp3) is 0.600. The molecule has 0 saturated carbocycles. The van der Waals surface area contributed by atoms with Crippen molar-refractivity contribution in [3.63, 3.8) is 0 Å². The van der Waals surface area contributed by atoms with Crippen LogP contribution in [-0.2, 0) is 6.42 Å². The summed E-state index contributed by atoms with van der Waals surface area (Å²) < 4.78 is 0. The van der Waals surface area contributed by atoms with E-state index < -0.39 is 0 Å². The molecule has 0 bridgehead atoms. The number of nitrogens with one attached hydrogen (secondary N) is 2. The Labute approximate surface area is 161 Å². The summed E-state index contributed by atoms with van der Waals surface area (Å²) in [4.78, 5) is 24.0. The van der Waals surface area contributed by atoms with Crippen LogP contribution >= 0.6 is 0 Å². The molecule has 27 heavy (non-hydrogen) atoms. The van der Waals surface area contributed by atoms with Crippen molar-refractivity contribution >= 4 is 11.9 Å². The highest BCUT2D eigenvalue weighted by molar-refractivity contribution is 5.92. The van der Waals surface area contributed by atoms with Crippen LogP contribution in [0.5, 0.6) is 0 Å². The first kappa shape index (κ1) is 19.3. The van der Waals surface area contributed by atoms with E-state index in [1.807, 2.05) is 27.0 Å². The Morgan fingerprint density at radius 2 is 1.96 bits per heavy atom. The zero-order valence-corrected chi connectivity index (χ0v) is 16.6. The molecule has 3 heterocycles. The van der Waals surface area contributed by atoms with E-state index in [2.05, 4.69) is 25.4 Å². The third kappa shape index (κ3) is 4.84. The maximum atomic E-state index is 12.4. The maximum absolute atomic E-state index is 12.4. The first-order chi connectivity index (χ1) is 13.1. The lowest BCUT2D eigenvalue weighted by Gasteiger charge is -2.25. The fourth-order valence-corrected chi connectivity index (χ4v) is 3.50. The SMILES string of the molecule is CCc1cc(C(=O)N[C@@H](C)c2cnc(N3CCCCCCC3)nc2C)n[nH]1. The Morgan fingerprint density at radius 3 is 2.59 bits per heavy atom. The van der Waals surface area contributed by atoms with Crippen LogP contribution in [0.25, 0.3) is 0 Å². The van der Waals surface area contributed by atoms with E-state index in [-0.39, 0.29) is 11.9 Å². The van der Waals surface area contributed by atoms with E-state index in [1.165, 1.54) is 32.1 Å². The average molecular weight is 371 g/mol. The lowest BCUT2D eigenvalue weighted by molar-refractivity contribution is 0.0934. The lowest BCUT2D eigenvalue weighted by atomic mass is 10.1. The van der Waals surface area contributed by atoms with E-state index in [0.29, 0.717) is 5.69 Å². The number of H-pyrrole nitrogens is 1. The second-order valence-corrected chi connectivity index (χ2v) is 7.29. The molecule has 3 rings (SSSR count). The van der Waals surface area contributed by atoms with Gasteiger partial charge in [0.15, 0.2) is 0 Å². The second kappa shape index (κ2) is 8.97. The molecule has 1 aliphatic heterocycles. The highest BCUT2D eigenvalue weighted by atomic mass is 16.2. The first-order valence-electron chi connectivity index (χ1n) is 10.0. The highest BCUT2D eigenvalue weighted by Gasteiger charge is 2.18. The van der Waals surface area contributed by atoms with E-state index in [0.717, 1.165) is 42.4 Å². The number of aryl methyl sites for hydroxylation is 2. The number of carbonyl (C=O) groups is 1. The van der Waals surface area contributed by atoms with Gasteiger partial charge in [-0.2, -0.15) is 5.10 Å². The van der Waals surface area contributed by atoms with Gasteiger partial charge in [0.05, 0.1) is 6.04 Å². The number of carbonyl (C=O) groups excluding carboxylic acids is 1. The number of hydrogen-bond donors (Lipinski definition) is 2. The molecule has 0 spiro atoms. The molecule has 2 N–H and O–H groups in total. The smallest absolute Gasteiger partial charge is 0.272 e. The highest BCUT2D eigenvalue weighted by Crippen LogP contribution is 2.20. The van der Waals surface area contributed by atoms with Crippen molar-refractivity contribution in [2.45, 2.75) is 65.3 Å². The molecule has 0 aliphatic carbocycles. The topological polar surface area (TPSA) is 86.8 Å². The lowest BCUT2D eigenvalue weighted by Crippen LogP contribution is -2.30. The van der Waals surface area contributed by atoms with Gasteiger partial charge < -0.3 is 10.2 Å². The standard InChI is InChI=1S/C20H30N6O/c1-4-16-12-18(25-24-16)19(27)22-14(2)17-13-21-20(23-15(17)3)26-10-8-6-5-7-9-11-26/h12-14H,4-11H2,1-3H3,(H,22,27)(H,24,25)/t14-/m0/s1. The van der Waals surface area contributed by atoms with Gasteiger partial charge in [-0.1, -0.05) is 26.2 Å². The summed E-state index contributed by atoms with van der Waals surface area (Å²) in [5, 5.41) is 9.94. The van der Waals surface area contributed by atoms with Crippen molar-refractivity contribution < 1.29 is 4.79 Å². The van der Waals surface area contributed by atoms with Crippen LogP contribution in [0.2, 0.25) is 0 Å². The van der Waals surface area contributed by atoms with Crippen LogP contribution in [0.15, 0.2) is 12.3 Å². The molecule has 7 heteroatoms. The molecule has 2 aromatic rings. The minimum atomic E-state index is -0.189. The van der Waals surface area contributed by atoms with Crippen molar-refractivity contribution in [3.05, 3.63) is 34.9 Å². The number of amides is 1. The van der Waals surface area contributed by atoms with Gasteiger partial charge in [-0.25, -0.2) is 9.97 Å². The van der Waals surface area contributed by atoms with Crippen LogP contribution in [0.4, 0.5) is 5.95 Å². The van der Waals surface area contributed by atoms with E-state index in [1.54, 1.807) is 6.07 Å². The molecule has 1 aliphatic rings. The Bertz CT molecular complexity index is 764. The number of hydrogen-bond acceptors (Lipinski definition) is 5. The van der Waals surface area contributed by atoms with Gasteiger partial charge in [-0.3, -0.25) is 9.89 Å². The quantitative estimate of drug-likeness (QED) is 0.843. The van der Waals surface area contributed by atoms with Gasteiger partial charge in [0.25, 0.3) is 5.91 Å². The average Bonchev–Trinajstić information content (AvgIpc) is 3.10. The van der Waals surface area contributed by atoms with Crippen LogP contribution in [0.1, 0.15) is 79.4 Å². The minimum Gasteiger partial charge on any atom is -0.344 e. The van der Waals surface area contributed by atoms with Gasteiger partial charge in [0, 0.05) is 36.2 Å². The Hall–Kier alpha value is -2.44. The predicted octanol–water partition coefficient (Wildman–Crippen LogP) is 3.33. The summed E-state index contributed by atoms with van der Waals surface area (Å²) in [5.41, 5.74) is 3.20. The van der Waals surface area contributed by atoms with Crippen molar-refractivity contribution in [3.8, 4) is 0 Å². The first-order valence-corrected chi connectivity index (χ1v) is 10.0. The van der Waals surface area contributed by atoms with Gasteiger partial charge in [0.1, 0.15) is 5.69 Å². The largest absolute Gasteiger partial charge is 0.344 e. The molecule has 2 aromatic heterocycles. The molecule has 0 radical (unpaired) electrons. The molecule has 1 amide bonds. The Kier molecular flexibility index (Phi) is 6.42. The molecule has 7 nitrogen and oxygen atoms in total. The minimum absolute atomic E-state index is 0.180. The van der Waals surface area contributed by atoms with Gasteiger partial charge in [-0.05, 0) is 39.2 Å². The third-order valence-corrected chi connectivity index (χ3v) is 5.20. The Balaban J connectivity index is 1.67. The second-order valence-electron chi connectivity index (χ2n) is 7.29. The number of nitrogens with zero attached hydrogens (tertiary/aromatic N) is 4. The van der Waals surface area contributed by atoms with Gasteiger partial charge in [0.2, 0.25) is 5.95 Å². The van der Waals surface area contributed by atoms with E-state index in [9.17, 15) is 4.79 Å². The normalized spacial score (nSPS) is 16.5.